The summed E-state index contributed by atoms with van der Waals surface area (Å²) < 4.78 is 0. The van der Waals surface area contributed by atoms with Gasteiger partial charge in [0.05, 0.1) is 5.69 Å². The maximum atomic E-state index is 3.58. The summed E-state index contributed by atoms with van der Waals surface area (Å²) in [5.41, 5.74) is 2.77. The van der Waals surface area contributed by atoms with Crippen LogP contribution in [0.15, 0.2) is 30.5 Å². The van der Waals surface area contributed by atoms with Crippen molar-refractivity contribution in [2.24, 2.45) is 0 Å². The third-order valence-corrected chi connectivity index (χ3v) is 4.06. The molecule has 3 heteroatoms. The highest BCUT2D eigenvalue weighted by atomic mass is 15.2. The molecule has 3 rings (SSSR count). The summed E-state index contributed by atoms with van der Waals surface area (Å²) in [5.74, 6) is 0. The van der Waals surface area contributed by atoms with Gasteiger partial charge in [-0.2, -0.15) is 0 Å². The predicted molar refractivity (Wildman–Crippen MR) is 77.2 cm³/mol. The van der Waals surface area contributed by atoms with Crippen LogP contribution in [-0.2, 0) is 0 Å². The number of aromatic amines is 1. The summed E-state index contributed by atoms with van der Waals surface area (Å²) in [5, 5.41) is 4.89. The number of H-pyrrole nitrogens is 1. The SMILES string of the molecule is CN(c1c[nH]c2ccccc12)C1CNC(C)(C)C1. The van der Waals surface area contributed by atoms with Gasteiger partial charge >= 0.3 is 0 Å². The third-order valence-electron chi connectivity index (χ3n) is 4.06. The molecular weight excluding hydrogens is 222 g/mol. The fourth-order valence-electron chi connectivity index (χ4n) is 2.95. The number of para-hydroxylation sites is 1. The molecule has 2 N–H and O–H groups in total. The lowest BCUT2D eigenvalue weighted by molar-refractivity contribution is 0.454. The van der Waals surface area contributed by atoms with Gasteiger partial charge in [-0.05, 0) is 26.3 Å². The lowest BCUT2D eigenvalue weighted by Gasteiger charge is -2.26. The summed E-state index contributed by atoms with van der Waals surface area (Å²) in [6, 6.07) is 9.06. The van der Waals surface area contributed by atoms with E-state index in [1.165, 1.54) is 23.0 Å². The zero-order valence-electron chi connectivity index (χ0n) is 11.3. The van der Waals surface area contributed by atoms with Crippen LogP contribution >= 0.6 is 0 Å². The summed E-state index contributed by atoms with van der Waals surface area (Å²) in [6.45, 7) is 5.61. The van der Waals surface area contributed by atoms with Crippen molar-refractivity contribution in [1.29, 1.82) is 0 Å². The monoisotopic (exact) mass is 243 g/mol. The van der Waals surface area contributed by atoms with Crippen LogP contribution < -0.4 is 10.2 Å². The maximum Gasteiger partial charge on any atom is 0.0624 e. The van der Waals surface area contributed by atoms with Gasteiger partial charge in [0.25, 0.3) is 0 Å². The molecule has 1 fully saturated rings. The Morgan fingerprint density at radius 1 is 1.28 bits per heavy atom. The second kappa shape index (κ2) is 4.02. The van der Waals surface area contributed by atoms with Gasteiger partial charge in [-0.3, -0.25) is 0 Å². The Balaban J connectivity index is 1.91. The Bertz CT molecular complexity index is 556. The first-order valence-electron chi connectivity index (χ1n) is 6.61. The fraction of sp³-hybridized carbons (Fsp3) is 0.467. The van der Waals surface area contributed by atoms with Crippen molar-refractivity contribution >= 4 is 16.6 Å². The molecule has 1 aromatic carbocycles. The van der Waals surface area contributed by atoms with E-state index in [2.05, 4.69) is 66.6 Å². The van der Waals surface area contributed by atoms with Gasteiger partial charge in [0, 0.05) is 42.3 Å². The molecule has 2 heterocycles. The Kier molecular flexibility index (Phi) is 2.59. The first-order valence-corrected chi connectivity index (χ1v) is 6.61. The number of nitrogens with zero attached hydrogens (tertiary/aromatic N) is 1. The number of hydrogen-bond acceptors (Lipinski definition) is 2. The van der Waals surface area contributed by atoms with Crippen molar-refractivity contribution in [3.05, 3.63) is 30.5 Å². The minimum atomic E-state index is 0.255. The molecule has 2 aromatic rings. The highest BCUT2D eigenvalue weighted by Gasteiger charge is 2.33. The van der Waals surface area contributed by atoms with Crippen LogP contribution in [0.2, 0.25) is 0 Å². The van der Waals surface area contributed by atoms with E-state index in [-0.39, 0.29) is 5.54 Å². The normalized spacial score (nSPS) is 22.5. The molecule has 0 radical (unpaired) electrons. The molecular formula is C15H21N3. The van der Waals surface area contributed by atoms with Gasteiger partial charge in [-0.1, -0.05) is 18.2 Å². The molecule has 0 saturated carbocycles. The van der Waals surface area contributed by atoms with Crippen LogP contribution in [0.5, 0.6) is 0 Å². The number of benzene rings is 1. The van der Waals surface area contributed by atoms with Crippen LogP contribution in [-0.4, -0.2) is 30.2 Å². The van der Waals surface area contributed by atoms with E-state index in [1.807, 2.05) is 0 Å². The average Bonchev–Trinajstić information content (AvgIpc) is 2.91. The van der Waals surface area contributed by atoms with Crippen LogP contribution in [0.1, 0.15) is 20.3 Å². The second-order valence-electron chi connectivity index (χ2n) is 5.95. The second-order valence-corrected chi connectivity index (χ2v) is 5.95. The van der Waals surface area contributed by atoms with Crippen LogP contribution in [0.25, 0.3) is 10.9 Å². The van der Waals surface area contributed by atoms with Gasteiger partial charge in [0.1, 0.15) is 0 Å². The third kappa shape index (κ3) is 1.89. The molecule has 0 bridgehead atoms. The topological polar surface area (TPSA) is 31.1 Å². The van der Waals surface area contributed by atoms with Crippen molar-refractivity contribution in [3.8, 4) is 0 Å². The van der Waals surface area contributed by atoms with Gasteiger partial charge in [-0.25, -0.2) is 0 Å². The standard InChI is InChI=1S/C15H21N3/c1-15(2)8-11(9-17-15)18(3)14-10-16-13-7-5-4-6-12(13)14/h4-7,10-11,16-17H,8-9H2,1-3H3. The predicted octanol–water partition coefficient (Wildman–Crippen LogP) is 2.74. The molecule has 0 spiro atoms. The van der Waals surface area contributed by atoms with E-state index in [0.29, 0.717) is 6.04 Å². The van der Waals surface area contributed by atoms with E-state index in [4.69, 9.17) is 0 Å². The summed E-state index contributed by atoms with van der Waals surface area (Å²) >= 11 is 0. The average molecular weight is 243 g/mol. The van der Waals surface area contributed by atoms with Crippen molar-refractivity contribution in [3.63, 3.8) is 0 Å². The number of hydrogen-bond donors (Lipinski definition) is 2. The van der Waals surface area contributed by atoms with E-state index < -0.39 is 0 Å². The number of rotatable bonds is 2. The lowest BCUT2D eigenvalue weighted by Crippen LogP contribution is -2.33. The molecule has 1 aliphatic heterocycles. The van der Waals surface area contributed by atoms with E-state index >= 15 is 0 Å². The molecule has 1 unspecified atom stereocenters. The minimum Gasteiger partial charge on any atom is -0.369 e. The number of anilines is 1. The molecule has 3 nitrogen and oxygen atoms in total. The molecule has 0 aliphatic carbocycles. The Morgan fingerprint density at radius 3 is 2.78 bits per heavy atom. The summed E-state index contributed by atoms with van der Waals surface area (Å²) in [4.78, 5) is 5.75. The Hall–Kier alpha value is -1.48. The molecule has 1 atom stereocenters. The Morgan fingerprint density at radius 2 is 2.06 bits per heavy atom. The zero-order chi connectivity index (χ0) is 12.8. The van der Waals surface area contributed by atoms with Crippen LogP contribution in [0.3, 0.4) is 0 Å². The summed E-state index contributed by atoms with van der Waals surface area (Å²) in [7, 11) is 2.20. The van der Waals surface area contributed by atoms with Crippen molar-refractivity contribution in [2.75, 3.05) is 18.5 Å². The first kappa shape index (κ1) is 11.6. The molecule has 1 saturated heterocycles. The number of fused-ring (bicyclic) bond motifs is 1. The van der Waals surface area contributed by atoms with Crippen LogP contribution in [0.4, 0.5) is 5.69 Å². The van der Waals surface area contributed by atoms with Gasteiger partial charge in [-0.15, -0.1) is 0 Å². The van der Waals surface area contributed by atoms with Crippen molar-refractivity contribution in [1.82, 2.24) is 10.3 Å². The molecule has 18 heavy (non-hydrogen) atoms. The van der Waals surface area contributed by atoms with Gasteiger partial charge in [0.15, 0.2) is 0 Å². The molecule has 1 aliphatic rings. The van der Waals surface area contributed by atoms with Crippen molar-refractivity contribution in [2.45, 2.75) is 31.8 Å². The fourth-order valence-corrected chi connectivity index (χ4v) is 2.95. The number of nitrogens with one attached hydrogen (secondary N) is 2. The zero-order valence-corrected chi connectivity index (χ0v) is 11.3. The maximum absolute atomic E-state index is 3.58. The highest BCUT2D eigenvalue weighted by Crippen LogP contribution is 2.30. The first-order chi connectivity index (χ1) is 8.57. The Labute approximate surface area is 108 Å². The number of aromatic nitrogens is 1. The highest BCUT2D eigenvalue weighted by molar-refractivity contribution is 5.92. The molecule has 0 amide bonds. The summed E-state index contributed by atoms with van der Waals surface area (Å²) in [6.07, 6.45) is 3.30. The molecule has 1 aromatic heterocycles. The van der Waals surface area contributed by atoms with Crippen molar-refractivity contribution < 1.29 is 0 Å². The lowest BCUT2D eigenvalue weighted by atomic mass is 10.0. The molecule has 96 valence electrons. The van der Waals surface area contributed by atoms with E-state index in [0.717, 1.165) is 6.54 Å². The number of likely N-dealkylation sites (N-methyl/N-ethyl adjacent to an activating group) is 1. The van der Waals surface area contributed by atoms with Crippen LogP contribution in [0, 0.1) is 0 Å². The quantitative estimate of drug-likeness (QED) is 0.849. The van der Waals surface area contributed by atoms with Gasteiger partial charge in [0.2, 0.25) is 0 Å². The largest absolute Gasteiger partial charge is 0.369 e. The smallest absolute Gasteiger partial charge is 0.0624 e. The van der Waals surface area contributed by atoms with E-state index in [1.54, 1.807) is 0 Å². The van der Waals surface area contributed by atoms with E-state index in [9.17, 15) is 0 Å². The minimum absolute atomic E-state index is 0.255. The van der Waals surface area contributed by atoms with Gasteiger partial charge < -0.3 is 15.2 Å².